The summed E-state index contributed by atoms with van der Waals surface area (Å²) in [5.74, 6) is 0.670. The molecule has 0 aromatic heterocycles. The summed E-state index contributed by atoms with van der Waals surface area (Å²) in [6.45, 7) is 6.43. The Morgan fingerprint density at radius 3 is 2.68 bits per heavy atom. The molecule has 0 saturated carbocycles. The minimum atomic E-state index is -0.390. The second kappa shape index (κ2) is 4.10. The van der Waals surface area contributed by atoms with Gasteiger partial charge in [0.05, 0.1) is 11.5 Å². The van der Waals surface area contributed by atoms with Gasteiger partial charge < -0.3 is 0 Å². The van der Waals surface area contributed by atoms with Crippen LogP contribution < -0.4 is 0 Å². The summed E-state index contributed by atoms with van der Waals surface area (Å²) in [6.07, 6.45) is 14.2. The molecule has 0 fully saturated rings. The van der Waals surface area contributed by atoms with Gasteiger partial charge in [-0.2, -0.15) is 5.26 Å². The molecule has 0 aromatic carbocycles. The van der Waals surface area contributed by atoms with Gasteiger partial charge in [0.2, 0.25) is 0 Å². The molecule has 0 aromatic rings. The summed E-state index contributed by atoms with van der Waals surface area (Å²) in [7, 11) is 0. The van der Waals surface area contributed by atoms with Gasteiger partial charge in [-0.25, -0.2) is 0 Å². The molecule has 19 heavy (non-hydrogen) atoms. The highest BCUT2D eigenvalue weighted by Gasteiger charge is 2.51. The average molecular weight is 249 g/mol. The van der Waals surface area contributed by atoms with Crippen LogP contribution in [-0.4, -0.2) is 0 Å². The number of hydrogen-bond donors (Lipinski definition) is 0. The van der Waals surface area contributed by atoms with Gasteiger partial charge in [0, 0.05) is 11.8 Å². The lowest BCUT2D eigenvalue weighted by Gasteiger charge is -2.25. The van der Waals surface area contributed by atoms with Gasteiger partial charge in [-0.3, -0.25) is 0 Å². The summed E-state index contributed by atoms with van der Waals surface area (Å²) in [6, 6.07) is 2.58. The van der Waals surface area contributed by atoms with E-state index in [1.54, 1.807) is 0 Å². The number of hydrogen-bond acceptors (Lipinski definition) is 1. The van der Waals surface area contributed by atoms with Crippen LogP contribution in [0.2, 0.25) is 0 Å². The summed E-state index contributed by atoms with van der Waals surface area (Å²) in [5, 5.41) is 9.74. The lowest BCUT2D eigenvalue weighted by atomic mass is 9.74. The Balaban J connectivity index is 2.24. The van der Waals surface area contributed by atoms with Gasteiger partial charge in [-0.15, -0.1) is 0 Å². The lowest BCUT2D eigenvalue weighted by Crippen LogP contribution is -2.23. The smallest absolute Gasteiger partial charge is 0.0868 e. The first-order valence-corrected chi connectivity index (χ1v) is 6.94. The Bertz CT molecular complexity index is 615. The van der Waals surface area contributed by atoms with E-state index in [0.29, 0.717) is 11.8 Å². The highest BCUT2D eigenvalue weighted by Crippen LogP contribution is 2.58. The zero-order chi connectivity index (χ0) is 13.6. The van der Waals surface area contributed by atoms with Gasteiger partial charge in [0.1, 0.15) is 0 Å². The predicted octanol–water partition coefficient (Wildman–Crippen LogP) is 4.48. The van der Waals surface area contributed by atoms with E-state index in [1.807, 2.05) is 0 Å². The molecule has 0 aliphatic heterocycles. The van der Waals surface area contributed by atoms with Crippen molar-refractivity contribution in [3.63, 3.8) is 0 Å². The van der Waals surface area contributed by atoms with E-state index in [-0.39, 0.29) is 0 Å². The van der Waals surface area contributed by atoms with Crippen LogP contribution in [0.25, 0.3) is 0 Å². The quantitative estimate of drug-likeness (QED) is 0.621. The van der Waals surface area contributed by atoms with Gasteiger partial charge >= 0.3 is 0 Å². The molecule has 0 amide bonds. The third-order valence-electron chi connectivity index (χ3n) is 4.71. The van der Waals surface area contributed by atoms with E-state index >= 15 is 0 Å². The molecule has 3 aliphatic rings. The number of nitrogens with zero attached hydrogens (tertiary/aromatic N) is 1. The van der Waals surface area contributed by atoms with E-state index in [1.165, 1.54) is 22.3 Å². The Kier molecular flexibility index (Phi) is 2.64. The Morgan fingerprint density at radius 2 is 2.00 bits per heavy atom. The molecule has 0 saturated heterocycles. The Labute approximate surface area is 115 Å². The SMILES string of the molecule is CC(C)=C1C=C[C@@H]2[C@H]1C1=C(C=CCC=C1)[C@@]2(C)C#N. The van der Waals surface area contributed by atoms with Crippen LogP contribution >= 0.6 is 0 Å². The molecule has 3 rings (SSSR count). The Hall–Kier alpha value is -1.81. The minimum Gasteiger partial charge on any atom is -0.197 e. The third kappa shape index (κ3) is 1.53. The molecule has 0 unspecified atom stereocenters. The van der Waals surface area contributed by atoms with Crippen molar-refractivity contribution >= 4 is 0 Å². The first-order valence-electron chi connectivity index (χ1n) is 6.94. The fraction of sp³-hybridized carbons (Fsp3) is 0.389. The number of allylic oxidation sites excluding steroid dienone is 10. The van der Waals surface area contributed by atoms with Crippen molar-refractivity contribution in [2.24, 2.45) is 17.3 Å². The van der Waals surface area contributed by atoms with Gasteiger partial charge in [-0.1, -0.05) is 42.0 Å². The molecular formula is C18H19N. The molecule has 0 N–H and O–H groups in total. The van der Waals surface area contributed by atoms with Crippen molar-refractivity contribution < 1.29 is 0 Å². The fourth-order valence-electron chi connectivity index (χ4n) is 3.68. The molecule has 0 spiro atoms. The first kappa shape index (κ1) is 12.2. The van der Waals surface area contributed by atoms with Crippen LogP contribution in [0.15, 0.2) is 58.7 Å². The van der Waals surface area contributed by atoms with Crippen molar-refractivity contribution in [3.05, 3.63) is 58.7 Å². The van der Waals surface area contributed by atoms with Crippen LogP contribution in [0.5, 0.6) is 0 Å². The first-order chi connectivity index (χ1) is 9.09. The largest absolute Gasteiger partial charge is 0.197 e. The maximum absolute atomic E-state index is 9.74. The standard InChI is InChI=1S/C18H19N/c1-12(2)13-9-10-16-17(13)14-7-5-4-6-8-15(14)18(16,3)11-19/h5-10,16-17H,4H2,1-3H3/t16-,17-,18-/m1/s1. The monoisotopic (exact) mass is 249 g/mol. The molecule has 0 heterocycles. The third-order valence-corrected chi connectivity index (χ3v) is 4.71. The van der Waals surface area contributed by atoms with Crippen molar-refractivity contribution in [2.45, 2.75) is 27.2 Å². The van der Waals surface area contributed by atoms with Gasteiger partial charge in [-0.05, 0) is 43.9 Å². The van der Waals surface area contributed by atoms with Crippen LogP contribution in [0.3, 0.4) is 0 Å². The predicted molar refractivity (Wildman–Crippen MR) is 78.1 cm³/mol. The van der Waals surface area contributed by atoms with E-state index in [9.17, 15) is 5.26 Å². The minimum absolute atomic E-state index is 0.291. The second-order valence-corrected chi connectivity index (χ2v) is 6.04. The maximum atomic E-state index is 9.74. The molecule has 96 valence electrons. The van der Waals surface area contributed by atoms with Gasteiger partial charge in [0.15, 0.2) is 0 Å². The second-order valence-electron chi connectivity index (χ2n) is 6.04. The summed E-state index contributed by atoms with van der Waals surface area (Å²) in [4.78, 5) is 0. The maximum Gasteiger partial charge on any atom is 0.0868 e. The van der Waals surface area contributed by atoms with Crippen LogP contribution in [0, 0.1) is 28.6 Å². The Morgan fingerprint density at radius 1 is 1.26 bits per heavy atom. The molecule has 1 nitrogen and oxygen atoms in total. The highest BCUT2D eigenvalue weighted by atomic mass is 14.5. The molecule has 0 radical (unpaired) electrons. The molecule has 3 atom stereocenters. The summed E-state index contributed by atoms with van der Waals surface area (Å²) in [5.41, 5.74) is 4.94. The van der Waals surface area contributed by atoms with Crippen LogP contribution in [0.1, 0.15) is 27.2 Å². The van der Waals surface area contributed by atoms with Crippen molar-refractivity contribution in [1.82, 2.24) is 0 Å². The van der Waals surface area contributed by atoms with E-state index in [2.05, 4.69) is 63.3 Å². The fourth-order valence-corrected chi connectivity index (χ4v) is 3.68. The summed E-state index contributed by atoms with van der Waals surface area (Å²) < 4.78 is 0. The molecular weight excluding hydrogens is 230 g/mol. The molecule has 1 heteroatoms. The number of fused-ring (bicyclic) bond motifs is 2. The highest BCUT2D eigenvalue weighted by molar-refractivity contribution is 5.58. The van der Waals surface area contributed by atoms with E-state index in [4.69, 9.17) is 0 Å². The zero-order valence-electron chi connectivity index (χ0n) is 11.8. The normalized spacial score (nSPS) is 35.2. The van der Waals surface area contributed by atoms with E-state index < -0.39 is 5.41 Å². The molecule has 0 bridgehead atoms. The lowest BCUT2D eigenvalue weighted by molar-refractivity contribution is 0.384. The van der Waals surface area contributed by atoms with Gasteiger partial charge in [0.25, 0.3) is 0 Å². The average Bonchev–Trinajstić information content (AvgIpc) is 2.81. The summed E-state index contributed by atoms with van der Waals surface area (Å²) >= 11 is 0. The van der Waals surface area contributed by atoms with Crippen molar-refractivity contribution in [1.29, 1.82) is 5.26 Å². The number of nitriles is 1. The van der Waals surface area contributed by atoms with Crippen LogP contribution in [0.4, 0.5) is 0 Å². The molecule has 3 aliphatic carbocycles. The van der Waals surface area contributed by atoms with E-state index in [0.717, 1.165) is 6.42 Å². The topological polar surface area (TPSA) is 23.8 Å². The zero-order valence-corrected chi connectivity index (χ0v) is 11.8. The van der Waals surface area contributed by atoms with Crippen molar-refractivity contribution in [3.8, 4) is 6.07 Å². The number of rotatable bonds is 0. The van der Waals surface area contributed by atoms with Crippen LogP contribution in [-0.2, 0) is 0 Å². The van der Waals surface area contributed by atoms with Crippen molar-refractivity contribution in [2.75, 3.05) is 0 Å².